The number of carboxylic acids is 1. The van der Waals surface area contributed by atoms with Crippen LogP contribution < -0.4 is 15.2 Å². The Kier molecular flexibility index (Phi) is 2.91. The molecular formula is C17H19N3O3. The van der Waals surface area contributed by atoms with E-state index >= 15 is 0 Å². The smallest absolute Gasteiger partial charge is 0.341 e. The second kappa shape index (κ2) is 4.75. The normalized spacial score (nSPS) is 17.5. The lowest BCUT2D eigenvalue weighted by molar-refractivity contribution is 0.0695. The van der Waals surface area contributed by atoms with Crippen molar-refractivity contribution in [2.75, 3.05) is 37.0 Å². The molecule has 2 aliphatic rings. The standard InChI is InChI=1S/C17H19N3O3/c1-18-5-6-19(2)15-8-13-11(7-14(15)18)16(21)12(17(22)23)9-20(13)10-3-4-10/h7-10H,3-6H2,1-2H3,(H,22,23). The van der Waals surface area contributed by atoms with Gasteiger partial charge in [0.1, 0.15) is 5.56 Å². The largest absolute Gasteiger partial charge is 0.477 e. The second-order valence-corrected chi connectivity index (χ2v) is 6.52. The zero-order valence-electron chi connectivity index (χ0n) is 13.2. The van der Waals surface area contributed by atoms with E-state index in [9.17, 15) is 14.7 Å². The van der Waals surface area contributed by atoms with Crippen molar-refractivity contribution in [2.45, 2.75) is 18.9 Å². The molecule has 0 bridgehead atoms. The van der Waals surface area contributed by atoms with Gasteiger partial charge in [-0.3, -0.25) is 4.79 Å². The number of aromatic carboxylic acids is 1. The van der Waals surface area contributed by atoms with Crippen LogP contribution in [0, 0.1) is 0 Å². The third-order valence-electron chi connectivity index (χ3n) is 4.89. The molecule has 0 saturated heterocycles. The maximum atomic E-state index is 12.6. The summed E-state index contributed by atoms with van der Waals surface area (Å²) < 4.78 is 1.98. The summed E-state index contributed by atoms with van der Waals surface area (Å²) in [6.45, 7) is 1.81. The Bertz CT molecular complexity index is 883. The Labute approximate surface area is 133 Å². The number of likely N-dealkylation sites (N-methyl/N-ethyl adjacent to an activating group) is 2. The maximum absolute atomic E-state index is 12.6. The first-order valence-electron chi connectivity index (χ1n) is 7.86. The molecule has 120 valence electrons. The van der Waals surface area contributed by atoms with E-state index in [4.69, 9.17) is 0 Å². The number of pyridine rings is 1. The Morgan fingerprint density at radius 3 is 2.30 bits per heavy atom. The van der Waals surface area contributed by atoms with Crippen molar-refractivity contribution in [1.29, 1.82) is 0 Å². The highest BCUT2D eigenvalue weighted by atomic mass is 16.4. The zero-order chi connectivity index (χ0) is 16.3. The number of carbonyl (C=O) groups is 1. The summed E-state index contributed by atoms with van der Waals surface area (Å²) in [5.74, 6) is -1.16. The summed E-state index contributed by atoms with van der Waals surface area (Å²) >= 11 is 0. The van der Waals surface area contributed by atoms with E-state index in [0.29, 0.717) is 11.4 Å². The molecule has 1 aliphatic heterocycles. The average molecular weight is 313 g/mol. The molecule has 0 radical (unpaired) electrons. The van der Waals surface area contributed by atoms with Gasteiger partial charge in [0.25, 0.3) is 0 Å². The maximum Gasteiger partial charge on any atom is 0.341 e. The highest BCUT2D eigenvalue weighted by molar-refractivity contribution is 5.96. The summed E-state index contributed by atoms with van der Waals surface area (Å²) in [5, 5.41) is 9.85. The Balaban J connectivity index is 2.08. The molecule has 0 amide bonds. The molecule has 0 spiro atoms. The number of hydrogen-bond donors (Lipinski definition) is 1. The molecule has 2 heterocycles. The first-order chi connectivity index (χ1) is 11.0. The number of carboxylic acid groups (broad SMARTS) is 1. The van der Waals surface area contributed by atoms with Crippen molar-refractivity contribution in [3.63, 3.8) is 0 Å². The summed E-state index contributed by atoms with van der Waals surface area (Å²) in [6.07, 6.45) is 3.58. The van der Waals surface area contributed by atoms with Gasteiger partial charge in [0.15, 0.2) is 0 Å². The molecule has 2 aromatic rings. The van der Waals surface area contributed by atoms with Crippen LogP contribution in [-0.4, -0.2) is 42.8 Å². The minimum Gasteiger partial charge on any atom is -0.477 e. The van der Waals surface area contributed by atoms with Crippen LogP contribution in [0.5, 0.6) is 0 Å². The van der Waals surface area contributed by atoms with E-state index in [0.717, 1.165) is 42.8 Å². The van der Waals surface area contributed by atoms with E-state index < -0.39 is 11.4 Å². The van der Waals surface area contributed by atoms with Crippen molar-refractivity contribution < 1.29 is 9.90 Å². The molecule has 1 aliphatic carbocycles. The third-order valence-corrected chi connectivity index (χ3v) is 4.89. The van der Waals surface area contributed by atoms with Crippen molar-refractivity contribution in [3.8, 4) is 0 Å². The van der Waals surface area contributed by atoms with Crippen molar-refractivity contribution in [3.05, 3.63) is 34.1 Å². The van der Waals surface area contributed by atoms with Crippen molar-refractivity contribution in [1.82, 2.24) is 4.57 Å². The predicted octanol–water partition coefficient (Wildman–Crippen LogP) is 1.92. The molecule has 1 fully saturated rings. The minimum absolute atomic E-state index is 0.142. The Morgan fingerprint density at radius 2 is 1.74 bits per heavy atom. The molecule has 23 heavy (non-hydrogen) atoms. The lowest BCUT2D eigenvalue weighted by Gasteiger charge is -2.35. The van der Waals surface area contributed by atoms with E-state index in [2.05, 4.69) is 9.80 Å². The SMILES string of the molecule is CN1CCN(C)c2cc3c(cc21)c(=O)c(C(=O)O)cn3C1CC1. The fourth-order valence-electron chi connectivity index (χ4n) is 3.33. The number of nitrogens with zero attached hydrogens (tertiary/aromatic N) is 3. The molecule has 1 N–H and O–H groups in total. The van der Waals surface area contributed by atoms with Crippen LogP contribution in [0.3, 0.4) is 0 Å². The number of fused-ring (bicyclic) bond motifs is 2. The first kappa shape index (κ1) is 14.1. The van der Waals surface area contributed by atoms with Crippen LogP contribution in [0.1, 0.15) is 29.2 Å². The minimum atomic E-state index is -1.16. The Morgan fingerprint density at radius 1 is 1.13 bits per heavy atom. The van der Waals surface area contributed by atoms with Gasteiger partial charge in [0, 0.05) is 44.8 Å². The highest BCUT2D eigenvalue weighted by Gasteiger charge is 2.28. The summed E-state index contributed by atoms with van der Waals surface area (Å²) in [4.78, 5) is 28.3. The first-order valence-corrected chi connectivity index (χ1v) is 7.86. The van der Waals surface area contributed by atoms with Crippen LogP contribution in [-0.2, 0) is 0 Å². The number of aromatic nitrogens is 1. The second-order valence-electron chi connectivity index (χ2n) is 6.52. The summed E-state index contributed by atoms with van der Waals surface area (Å²) in [6, 6.07) is 4.19. The molecule has 1 saturated carbocycles. The fourth-order valence-corrected chi connectivity index (χ4v) is 3.33. The lowest BCUT2D eigenvalue weighted by Crippen LogP contribution is -2.37. The van der Waals surface area contributed by atoms with Gasteiger partial charge < -0.3 is 19.5 Å². The van der Waals surface area contributed by atoms with Crippen LogP contribution in [0.4, 0.5) is 11.4 Å². The van der Waals surface area contributed by atoms with Crippen molar-refractivity contribution in [2.24, 2.45) is 0 Å². The van der Waals surface area contributed by atoms with Crippen LogP contribution in [0.25, 0.3) is 10.9 Å². The number of anilines is 2. The molecule has 6 heteroatoms. The topological polar surface area (TPSA) is 65.8 Å². The number of rotatable bonds is 2. The number of benzene rings is 1. The van der Waals surface area contributed by atoms with Crippen LogP contribution >= 0.6 is 0 Å². The van der Waals surface area contributed by atoms with Crippen LogP contribution in [0.2, 0.25) is 0 Å². The van der Waals surface area contributed by atoms with Gasteiger partial charge in [-0.05, 0) is 25.0 Å². The molecule has 4 rings (SSSR count). The van der Waals surface area contributed by atoms with Crippen molar-refractivity contribution >= 4 is 28.2 Å². The Hall–Kier alpha value is -2.50. The van der Waals surface area contributed by atoms with E-state index in [1.807, 2.05) is 30.8 Å². The zero-order valence-corrected chi connectivity index (χ0v) is 13.2. The molecule has 0 atom stereocenters. The highest BCUT2D eigenvalue weighted by Crippen LogP contribution is 2.40. The number of hydrogen-bond acceptors (Lipinski definition) is 4. The van der Waals surface area contributed by atoms with Gasteiger partial charge in [-0.1, -0.05) is 0 Å². The van der Waals surface area contributed by atoms with Gasteiger partial charge in [-0.15, -0.1) is 0 Å². The molecule has 6 nitrogen and oxygen atoms in total. The molecular weight excluding hydrogens is 294 g/mol. The quantitative estimate of drug-likeness (QED) is 0.917. The molecule has 1 aromatic heterocycles. The summed E-state index contributed by atoms with van der Waals surface area (Å²) in [7, 11) is 4.04. The van der Waals surface area contributed by atoms with E-state index in [-0.39, 0.29) is 5.56 Å². The van der Waals surface area contributed by atoms with Gasteiger partial charge in [-0.2, -0.15) is 0 Å². The van der Waals surface area contributed by atoms with Gasteiger partial charge in [0.2, 0.25) is 5.43 Å². The van der Waals surface area contributed by atoms with E-state index in [1.54, 1.807) is 0 Å². The van der Waals surface area contributed by atoms with Crippen LogP contribution in [0.15, 0.2) is 23.1 Å². The monoisotopic (exact) mass is 313 g/mol. The predicted molar refractivity (Wildman–Crippen MR) is 90.0 cm³/mol. The van der Waals surface area contributed by atoms with Gasteiger partial charge in [0.05, 0.1) is 16.9 Å². The van der Waals surface area contributed by atoms with Gasteiger partial charge >= 0.3 is 5.97 Å². The van der Waals surface area contributed by atoms with E-state index in [1.165, 1.54) is 6.20 Å². The fraction of sp³-hybridized carbons (Fsp3) is 0.412. The lowest BCUT2D eigenvalue weighted by atomic mass is 10.1. The third kappa shape index (κ3) is 2.09. The molecule has 1 aromatic carbocycles. The van der Waals surface area contributed by atoms with Gasteiger partial charge in [-0.25, -0.2) is 4.79 Å². The summed E-state index contributed by atoms with van der Waals surface area (Å²) in [5.41, 5.74) is 2.37. The average Bonchev–Trinajstić information content (AvgIpc) is 3.35. The molecule has 0 unspecified atom stereocenters.